The van der Waals surface area contributed by atoms with Gasteiger partial charge in [-0.05, 0) is 52.2 Å². The molecule has 0 heterocycles. The number of ether oxygens (including phenoxy) is 2. The number of halogens is 3. The first kappa shape index (κ1) is 22.9. The molecule has 152 valence electrons. The lowest BCUT2D eigenvalue weighted by Gasteiger charge is -2.13. The van der Waals surface area contributed by atoms with Gasteiger partial charge in [0.25, 0.3) is 11.9 Å². The Bertz CT molecular complexity index is 619. The fourth-order valence-electron chi connectivity index (χ4n) is 2.04. The highest BCUT2D eigenvalue weighted by atomic mass is 19.4. The van der Waals surface area contributed by atoms with Gasteiger partial charge in [0.15, 0.2) is 0 Å². The van der Waals surface area contributed by atoms with Crippen LogP contribution in [0.15, 0.2) is 29.3 Å². The molecule has 9 heteroatoms. The highest BCUT2D eigenvalue weighted by Gasteiger charge is 2.31. The Morgan fingerprint density at radius 3 is 2.63 bits per heavy atom. The number of carbonyl (C=O) groups excluding carboxylic acids is 1. The van der Waals surface area contributed by atoms with Crippen LogP contribution in [0.5, 0.6) is 0 Å². The molecule has 0 aromatic heterocycles. The molecule has 0 aliphatic carbocycles. The number of alkyl halides is 3. The monoisotopic (exact) mass is 389 g/mol. The van der Waals surface area contributed by atoms with Gasteiger partial charge < -0.3 is 14.4 Å². The van der Waals surface area contributed by atoms with Crippen molar-refractivity contribution in [3.8, 4) is 0 Å². The van der Waals surface area contributed by atoms with Crippen molar-refractivity contribution >= 4 is 11.9 Å². The maximum Gasteiger partial charge on any atom is 0.416 e. The van der Waals surface area contributed by atoms with E-state index in [1.165, 1.54) is 12.1 Å². The Morgan fingerprint density at radius 1 is 1.26 bits per heavy atom. The van der Waals surface area contributed by atoms with E-state index in [0.717, 1.165) is 25.1 Å². The zero-order valence-corrected chi connectivity index (χ0v) is 15.8. The molecule has 1 aromatic carbocycles. The van der Waals surface area contributed by atoms with Gasteiger partial charge in [0.1, 0.15) is 6.61 Å². The molecule has 1 aromatic rings. The van der Waals surface area contributed by atoms with Crippen LogP contribution in [0, 0.1) is 0 Å². The van der Waals surface area contributed by atoms with E-state index < -0.39 is 17.6 Å². The Hall–Kier alpha value is -2.13. The van der Waals surface area contributed by atoms with Crippen molar-refractivity contribution in [2.45, 2.75) is 19.5 Å². The number of amidine groups is 1. The SMILES string of the molecule is CCOCCOC(=NCCCN(C)C)NC(=O)c1cccc(C(F)(F)F)c1. The highest BCUT2D eigenvalue weighted by Crippen LogP contribution is 2.29. The second kappa shape index (κ2) is 11.6. The molecule has 1 rings (SSSR count). The van der Waals surface area contributed by atoms with Gasteiger partial charge in [-0.3, -0.25) is 10.1 Å². The third kappa shape index (κ3) is 9.39. The Labute approximate surface area is 157 Å². The fraction of sp³-hybridized carbons (Fsp3) is 0.556. The molecule has 0 fully saturated rings. The van der Waals surface area contributed by atoms with E-state index in [0.29, 0.717) is 19.8 Å². The van der Waals surface area contributed by atoms with E-state index in [9.17, 15) is 18.0 Å². The zero-order valence-electron chi connectivity index (χ0n) is 15.8. The van der Waals surface area contributed by atoms with Gasteiger partial charge in [0, 0.05) is 18.7 Å². The second-order valence-corrected chi connectivity index (χ2v) is 5.92. The number of hydrogen-bond acceptors (Lipinski definition) is 5. The number of amides is 1. The minimum atomic E-state index is -4.52. The fourth-order valence-corrected chi connectivity index (χ4v) is 2.04. The molecule has 0 bridgehead atoms. The van der Waals surface area contributed by atoms with Crippen molar-refractivity contribution < 1.29 is 27.4 Å². The van der Waals surface area contributed by atoms with Crippen LogP contribution < -0.4 is 5.32 Å². The van der Waals surface area contributed by atoms with Crippen LogP contribution in [-0.4, -0.2) is 63.8 Å². The van der Waals surface area contributed by atoms with Crippen LogP contribution in [0.4, 0.5) is 13.2 Å². The van der Waals surface area contributed by atoms with Crippen molar-refractivity contribution in [1.29, 1.82) is 0 Å². The smallest absolute Gasteiger partial charge is 0.416 e. The second-order valence-electron chi connectivity index (χ2n) is 5.92. The van der Waals surface area contributed by atoms with E-state index in [1.807, 2.05) is 25.9 Å². The number of hydrogen-bond donors (Lipinski definition) is 1. The molecule has 0 aliphatic rings. The van der Waals surface area contributed by atoms with Crippen LogP contribution in [0.2, 0.25) is 0 Å². The predicted molar refractivity (Wildman–Crippen MR) is 96.8 cm³/mol. The quantitative estimate of drug-likeness (QED) is 0.401. The number of aliphatic imine (C=N–C) groups is 1. The predicted octanol–water partition coefficient (Wildman–Crippen LogP) is 2.80. The maximum absolute atomic E-state index is 12.8. The average molecular weight is 389 g/mol. The summed E-state index contributed by atoms with van der Waals surface area (Å²) in [6, 6.07) is 4.15. The molecule has 0 saturated heterocycles. The summed E-state index contributed by atoms with van der Waals surface area (Å²) < 4.78 is 49.0. The lowest BCUT2D eigenvalue weighted by molar-refractivity contribution is -0.137. The molecule has 0 aliphatic heterocycles. The summed E-state index contributed by atoms with van der Waals surface area (Å²) in [7, 11) is 3.86. The molecule has 0 atom stereocenters. The maximum atomic E-state index is 12.8. The van der Waals surface area contributed by atoms with Gasteiger partial charge in [0.05, 0.1) is 12.2 Å². The van der Waals surface area contributed by atoms with Crippen LogP contribution in [0.3, 0.4) is 0 Å². The first-order chi connectivity index (χ1) is 12.7. The molecule has 0 spiro atoms. The van der Waals surface area contributed by atoms with Crippen LogP contribution >= 0.6 is 0 Å². The van der Waals surface area contributed by atoms with Gasteiger partial charge >= 0.3 is 6.18 Å². The number of rotatable bonds is 9. The third-order valence-electron chi connectivity index (χ3n) is 3.36. The summed E-state index contributed by atoms with van der Waals surface area (Å²) in [5.41, 5.74) is -1.02. The molecule has 1 amide bonds. The molecule has 6 nitrogen and oxygen atoms in total. The van der Waals surface area contributed by atoms with E-state index in [1.54, 1.807) is 0 Å². The summed E-state index contributed by atoms with van der Waals surface area (Å²) in [4.78, 5) is 18.5. The minimum Gasteiger partial charge on any atom is -0.463 e. The molecule has 1 N–H and O–H groups in total. The lowest BCUT2D eigenvalue weighted by Crippen LogP contribution is -2.34. The molecule has 0 unspecified atom stereocenters. The van der Waals surface area contributed by atoms with Gasteiger partial charge in [-0.1, -0.05) is 6.07 Å². The summed E-state index contributed by atoms with van der Waals surface area (Å²) in [5, 5.41) is 2.43. The largest absolute Gasteiger partial charge is 0.463 e. The van der Waals surface area contributed by atoms with Crippen LogP contribution in [-0.2, 0) is 15.7 Å². The molecule has 0 saturated carbocycles. The van der Waals surface area contributed by atoms with Gasteiger partial charge in [-0.25, -0.2) is 4.99 Å². The van der Waals surface area contributed by atoms with Crippen molar-refractivity contribution in [3.63, 3.8) is 0 Å². The average Bonchev–Trinajstić information content (AvgIpc) is 2.61. The Morgan fingerprint density at radius 2 is 2.00 bits per heavy atom. The summed E-state index contributed by atoms with van der Waals surface area (Å²) in [6.07, 6.45) is -3.78. The van der Waals surface area contributed by atoms with Crippen molar-refractivity contribution in [3.05, 3.63) is 35.4 Å². The van der Waals surface area contributed by atoms with Gasteiger partial charge in [-0.15, -0.1) is 0 Å². The first-order valence-electron chi connectivity index (χ1n) is 8.62. The minimum absolute atomic E-state index is 0.0316. The standard InChI is InChI=1S/C18H26F3N3O3/c1-4-26-11-12-27-17(22-9-6-10-24(2)3)23-16(25)14-7-5-8-15(13-14)18(19,20)21/h5,7-8,13H,4,6,9-12H2,1-3H3,(H,22,23,25). The molecule has 27 heavy (non-hydrogen) atoms. The normalized spacial score (nSPS) is 12.3. The van der Waals surface area contributed by atoms with Crippen LogP contribution in [0.25, 0.3) is 0 Å². The summed E-state index contributed by atoms with van der Waals surface area (Å²) >= 11 is 0. The van der Waals surface area contributed by atoms with Crippen LogP contribution in [0.1, 0.15) is 29.3 Å². The zero-order chi connectivity index (χ0) is 20.3. The topological polar surface area (TPSA) is 63.2 Å². The van der Waals surface area contributed by atoms with E-state index in [-0.39, 0.29) is 18.2 Å². The van der Waals surface area contributed by atoms with Gasteiger partial charge in [0.2, 0.25) is 0 Å². The summed E-state index contributed by atoms with van der Waals surface area (Å²) in [5.74, 6) is -0.719. The van der Waals surface area contributed by atoms with E-state index in [4.69, 9.17) is 9.47 Å². The number of nitrogens with zero attached hydrogens (tertiary/aromatic N) is 2. The van der Waals surface area contributed by atoms with Crippen molar-refractivity contribution in [2.75, 3.05) is 47.0 Å². The van der Waals surface area contributed by atoms with Crippen molar-refractivity contribution in [1.82, 2.24) is 10.2 Å². The number of carbonyl (C=O) groups is 1. The molecular formula is C18H26F3N3O3. The van der Waals surface area contributed by atoms with E-state index >= 15 is 0 Å². The third-order valence-corrected chi connectivity index (χ3v) is 3.36. The first-order valence-corrected chi connectivity index (χ1v) is 8.62. The highest BCUT2D eigenvalue weighted by molar-refractivity contribution is 6.04. The van der Waals surface area contributed by atoms with E-state index in [2.05, 4.69) is 10.3 Å². The summed E-state index contributed by atoms with van der Waals surface area (Å²) in [6.45, 7) is 4.05. The van der Waals surface area contributed by atoms with Crippen molar-refractivity contribution in [2.24, 2.45) is 4.99 Å². The lowest BCUT2D eigenvalue weighted by atomic mass is 10.1. The van der Waals surface area contributed by atoms with Gasteiger partial charge in [-0.2, -0.15) is 13.2 Å². The number of benzene rings is 1. The Kier molecular flexibility index (Phi) is 9.81. The molecular weight excluding hydrogens is 363 g/mol. The Balaban J connectivity index is 2.77. The molecule has 0 radical (unpaired) electrons. The number of nitrogens with one attached hydrogen (secondary N) is 1.